The lowest BCUT2D eigenvalue weighted by atomic mass is 10.2. The van der Waals surface area contributed by atoms with Crippen molar-refractivity contribution >= 4 is 22.5 Å². The van der Waals surface area contributed by atoms with Gasteiger partial charge in [0.1, 0.15) is 17.2 Å². The number of nitrogens with zero attached hydrogens (tertiary/aromatic N) is 3. The number of rotatable bonds is 2. The summed E-state index contributed by atoms with van der Waals surface area (Å²) in [6, 6.07) is 8.59. The van der Waals surface area contributed by atoms with Crippen LogP contribution in [0.25, 0.3) is 10.9 Å². The first-order chi connectivity index (χ1) is 8.83. The molecule has 3 rings (SSSR count). The Morgan fingerprint density at radius 2 is 1.89 bits per heavy atom. The Bertz CT molecular complexity index is 677. The molecule has 0 saturated carbocycles. The molecule has 0 aliphatic rings. The van der Waals surface area contributed by atoms with Gasteiger partial charge in [-0.25, -0.2) is 14.4 Å². The number of hydrogen-bond donors (Lipinski definition) is 1. The van der Waals surface area contributed by atoms with Crippen molar-refractivity contribution in [3.05, 3.63) is 54.7 Å². The molecule has 0 unspecified atom stereocenters. The number of halogens is 1. The SMILES string of the molecule is Fc1ccc(Nc2nccc3cccnc23)nc1. The molecule has 0 radical (unpaired) electrons. The van der Waals surface area contributed by atoms with Gasteiger partial charge in [0.25, 0.3) is 0 Å². The second-order valence-corrected chi connectivity index (χ2v) is 3.72. The molecule has 18 heavy (non-hydrogen) atoms. The summed E-state index contributed by atoms with van der Waals surface area (Å²) in [5.74, 6) is 0.763. The highest BCUT2D eigenvalue weighted by Gasteiger charge is 2.04. The number of hydrogen-bond acceptors (Lipinski definition) is 4. The van der Waals surface area contributed by atoms with E-state index in [9.17, 15) is 4.39 Å². The van der Waals surface area contributed by atoms with Crippen molar-refractivity contribution in [2.24, 2.45) is 0 Å². The van der Waals surface area contributed by atoms with Crippen LogP contribution in [0.2, 0.25) is 0 Å². The van der Waals surface area contributed by atoms with Crippen LogP contribution in [0.4, 0.5) is 16.0 Å². The molecule has 0 spiro atoms. The van der Waals surface area contributed by atoms with Crippen LogP contribution in [0.5, 0.6) is 0 Å². The molecule has 3 aromatic heterocycles. The summed E-state index contributed by atoms with van der Waals surface area (Å²) in [6.45, 7) is 0. The number of fused-ring (bicyclic) bond motifs is 1. The van der Waals surface area contributed by atoms with E-state index in [1.54, 1.807) is 18.5 Å². The van der Waals surface area contributed by atoms with E-state index in [4.69, 9.17) is 0 Å². The summed E-state index contributed by atoms with van der Waals surface area (Å²) in [7, 11) is 0. The maximum absolute atomic E-state index is 12.8. The number of anilines is 2. The van der Waals surface area contributed by atoms with E-state index in [-0.39, 0.29) is 5.82 Å². The molecule has 0 bridgehead atoms. The second-order valence-electron chi connectivity index (χ2n) is 3.72. The topological polar surface area (TPSA) is 50.7 Å². The van der Waals surface area contributed by atoms with Gasteiger partial charge in [-0.1, -0.05) is 6.07 Å². The predicted octanol–water partition coefficient (Wildman–Crippen LogP) is 2.91. The summed E-state index contributed by atoms with van der Waals surface area (Å²) in [5.41, 5.74) is 0.756. The van der Waals surface area contributed by atoms with Crippen molar-refractivity contribution in [2.45, 2.75) is 0 Å². The third kappa shape index (κ3) is 1.98. The van der Waals surface area contributed by atoms with Gasteiger partial charge >= 0.3 is 0 Å². The van der Waals surface area contributed by atoms with Gasteiger partial charge in [-0.3, -0.25) is 4.98 Å². The van der Waals surface area contributed by atoms with Crippen LogP contribution in [0.1, 0.15) is 0 Å². The van der Waals surface area contributed by atoms with Gasteiger partial charge in [0.2, 0.25) is 0 Å². The molecule has 88 valence electrons. The Morgan fingerprint density at radius 3 is 2.72 bits per heavy atom. The van der Waals surface area contributed by atoms with Gasteiger partial charge in [0.15, 0.2) is 5.82 Å². The molecule has 3 aromatic rings. The standard InChI is InChI=1S/C13H9FN4/c14-10-3-4-11(17-8-10)18-13-12-9(5-7-16-13)2-1-6-15-12/h1-8H,(H,16,17,18). The van der Waals surface area contributed by atoms with Crippen molar-refractivity contribution in [1.82, 2.24) is 15.0 Å². The maximum atomic E-state index is 12.8. The van der Waals surface area contributed by atoms with Crippen LogP contribution in [0.15, 0.2) is 48.9 Å². The minimum Gasteiger partial charge on any atom is -0.323 e. The fraction of sp³-hybridized carbons (Fsp3) is 0. The van der Waals surface area contributed by atoms with E-state index in [0.29, 0.717) is 11.6 Å². The minimum atomic E-state index is -0.371. The third-order valence-electron chi connectivity index (χ3n) is 2.49. The normalized spacial score (nSPS) is 10.5. The Labute approximate surface area is 103 Å². The third-order valence-corrected chi connectivity index (χ3v) is 2.49. The Hall–Kier alpha value is -2.56. The highest BCUT2D eigenvalue weighted by atomic mass is 19.1. The number of pyridine rings is 3. The van der Waals surface area contributed by atoms with Crippen molar-refractivity contribution in [3.8, 4) is 0 Å². The predicted molar refractivity (Wildman–Crippen MR) is 67.0 cm³/mol. The average molecular weight is 240 g/mol. The van der Waals surface area contributed by atoms with E-state index in [2.05, 4.69) is 20.3 Å². The molecule has 0 aliphatic carbocycles. The Morgan fingerprint density at radius 1 is 0.944 bits per heavy atom. The lowest BCUT2D eigenvalue weighted by Gasteiger charge is -2.06. The highest BCUT2D eigenvalue weighted by Crippen LogP contribution is 2.20. The Kier molecular flexibility index (Phi) is 2.57. The monoisotopic (exact) mass is 240 g/mol. The average Bonchev–Trinajstić information content (AvgIpc) is 2.42. The Balaban J connectivity index is 2.02. The number of nitrogens with one attached hydrogen (secondary N) is 1. The summed E-state index contributed by atoms with van der Waals surface area (Å²) >= 11 is 0. The van der Waals surface area contributed by atoms with E-state index >= 15 is 0 Å². The van der Waals surface area contributed by atoms with E-state index in [1.807, 2.05) is 18.2 Å². The van der Waals surface area contributed by atoms with Gasteiger partial charge in [-0.15, -0.1) is 0 Å². The van der Waals surface area contributed by atoms with Crippen molar-refractivity contribution in [1.29, 1.82) is 0 Å². The first kappa shape index (κ1) is 10.6. The summed E-state index contributed by atoms with van der Waals surface area (Å²) in [4.78, 5) is 12.4. The van der Waals surface area contributed by atoms with Crippen LogP contribution in [-0.4, -0.2) is 15.0 Å². The molecule has 0 atom stereocenters. The molecule has 0 aromatic carbocycles. The van der Waals surface area contributed by atoms with E-state index in [0.717, 1.165) is 17.1 Å². The zero-order valence-corrected chi connectivity index (χ0v) is 9.34. The van der Waals surface area contributed by atoms with E-state index in [1.165, 1.54) is 6.07 Å². The lowest BCUT2D eigenvalue weighted by Crippen LogP contribution is -1.97. The molecule has 3 heterocycles. The largest absolute Gasteiger partial charge is 0.323 e. The fourth-order valence-corrected chi connectivity index (χ4v) is 1.67. The lowest BCUT2D eigenvalue weighted by molar-refractivity contribution is 0.622. The van der Waals surface area contributed by atoms with Crippen LogP contribution >= 0.6 is 0 Å². The molecule has 5 heteroatoms. The smallest absolute Gasteiger partial charge is 0.158 e. The molecular formula is C13H9FN4. The van der Waals surface area contributed by atoms with Crippen molar-refractivity contribution < 1.29 is 4.39 Å². The maximum Gasteiger partial charge on any atom is 0.158 e. The van der Waals surface area contributed by atoms with Gasteiger partial charge < -0.3 is 5.32 Å². The molecule has 1 N–H and O–H groups in total. The molecular weight excluding hydrogens is 231 g/mol. The minimum absolute atomic E-state index is 0.371. The molecule has 0 saturated heterocycles. The second kappa shape index (κ2) is 4.37. The van der Waals surface area contributed by atoms with Crippen molar-refractivity contribution in [3.63, 3.8) is 0 Å². The summed E-state index contributed by atoms with van der Waals surface area (Å²) < 4.78 is 12.8. The van der Waals surface area contributed by atoms with Gasteiger partial charge in [0.05, 0.1) is 6.20 Å². The van der Waals surface area contributed by atoms with Gasteiger partial charge in [-0.05, 0) is 24.3 Å². The highest BCUT2D eigenvalue weighted by molar-refractivity contribution is 5.89. The first-order valence-electron chi connectivity index (χ1n) is 5.41. The van der Waals surface area contributed by atoms with Crippen molar-refractivity contribution in [2.75, 3.05) is 5.32 Å². The summed E-state index contributed by atoms with van der Waals surface area (Å²) in [6.07, 6.45) is 4.55. The molecule has 0 aliphatic heterocycles. The quantitative estimate of drug-likeness (QED) is 0.748. The van der Waals surface area contributed by atoms with Gasteiger partial charge in [0, 0.05) is 17.8 Å². The zero-order valence-electron chi connectivity index (χ0n) is 9.34. The zero-order chi connectivity index (χ0) is 12.4. The van der Waals surface area contributed by atoms with E-state index < -0.39 is 0 Å². The van der Waals surface area contributed by atoms with Gasteiger partial charge in [-0.2, -0.15) is 0 Å². The number of aromatic nitrogens is 3. The molecule has 0 amide bonds. The fourth-order valence-electron chi connectivity index (χ4n) is 1.67. The van der Waals surface area contributed by atoms with Crippen LogP contribution in [0, 0.1) is 5.82 Å². The summed E-state index contributed by atoms with van der Waals surface area (Å²) in [5, 5.41) is 4.01. The van der Waals surface area contributed by atoms with Crippen LogP contribution in [0.3, 0.4) is 0 Å². The first-order valence-corrected chi connectivity index (χ1v) is 5.41. The van der Waals surface area contributed by atoms with Crippen LogP contribution in [-0.2, 0) is 0 Å². The molecule has 4 nitrogen and oxygen atoms in total. The molecule has 0 fully saturated rings. The van der Waals surface area contributed by atoms with Crippen LogP contribution < -0.4 is 5.32 Å².